The summed E-state index contributed by atoms with van der Waals surface area (Å²) in [6, 6.07) is 13.7. The van der Waals surface area contributed by atoms with Gasteiger partial charge in [-0.2, -0.15) is 0 Å². The van der Waals surface area contributed by atoms with E-state index in [1.807, 2.05) is 19.1 Å². The Morgan fingerprint density at radius 3 is 2.09 bits per heavy atom. The topological polar surface area (TPSA) is 80.3 Å². The Hall–Kier alpha value is -4.26. The molecule has 0 saturated carbocycles. The van der Waals surface area contributed by atoms with Crippen LogP contribution in [0.25, 0.3) is 6.08 Å². The monoisotopic (exact) mass is 460 g/mol. The molecule has 174 valence electrons. The zero-order valence-corrected chi connectivity index (χ0v) is 19.6. The Labute approximate surface area is 197 Å². The number of methoxy groups -OCH3 is 3. The second kappa shape index (κ2) is 9.31. The van der Waals surface area contributed by atoms with E-state index in [1.165, 1.54) is 21.3 Å². The minimum absolute atomic E-state index is 0.134. The van der Waals surface area contributed by atoms with Gasteiger partial charge in [0.15, 0.2) is 17.3 Å². The normalized spacial score (nSPS) is 13.3. The molecule has 34 heavy (non-hydrogen) atoms. The number of benzene rings is 3. The average molecular weight is 460 g/mol. The van der Waals surface area contributed by atoms with Crippen LogP contribution in [-0.4, -0.2) is 33.1 Å². The highest BCUT2D eigenvalue weighted by Crippen LogP contribution is 2.42. The van der Waals surface area contributed by atoms with Crippen molar-refractivity contribution < 1.29 is 33.3 Å². The third-order valence-electron chi connectivity index (χ3n) is 5.51. The molecule has 4 rings (SSSR count). The number of aryl methyl sites for hydroxylation is 1. The van der Waals surface area contributed by atoms with Crippen molar-refractivity contribution in [2.24, 2.45) is 0 Å². The third-order valence-corrected chi connectivity index (χ3v) is 5.51. The van der Waals surface area contributed by atoms with Gasteiger partial charge in [-0.05, 0) is 61.9 Å². The zero-order valence-electron chi connectivity index (χ0n) is 19.6. The highest BCUT2D eigenvalue weighted by Gasteiger charge is 2.31. The predicted octanol–water partition coefficient (Wildman–Crippen LogP) is 5.16. The molecular formula is C27H24O7. The minimum Gasteiger partial charge on any atom is -0.493 e. The van der Waals surface area contributed by atoms with E-state index in [1.54, 1.807) is 49.4 Å². The first-order valence-corrected chi connectivity index (χ1v) is 10.5. The molecule has 0 atom stereocenters. The molecule has 0 spiro atoms. The number of rotatable bonds is 6. The van der Waals surface area contributed by atoms with E-state index in [0.29, 0.717) is 51.0 Å². The molecule has 1 aliphatic rings. The first-order valence-electron chi connectivity index (χ1n) is 10.5. The molecule has 0 fully saturated rings. The highest BCUT2D eigenvalue weighted by molar-refractivity contribution is 6.15. The van der Waals surface area contributed by atoms with Crippen LogP contribution in [0.15, 0.2) is 54.3 Å². The van der Waals surface area contributed by atoms with Crippen molar-refractivity contribution >= 4 is 17.8 Å². The second-order valence-corrected chi connectivity index (χ2v) is 7.72. The number of ether oxygens (including phenoxy) is 5. The van der Waals surface area contributed by atoms with Crippen molar-refractivity contribution in [2.75, 3.05) is 21.3 Å². The summed E-state index contributed by atoms with van der Waals surface area (Å²) in [5, 5.41) is 0. The molecule has 1 heterocycles. The van der Waals surface area contributed by atoms with E-state index in [-0.39, 0.29) is 11.5 Å². The summed E-state index contributed by atoms with van der Waals surface area (Å²) in [6.07, 6.45) is 1.60. The van der Waals surface area contributed by atoms with Crippen LogP contribution in [0.4, 0.5) is 0 Å². The quantitative estimate of drug-likeness (QED) is 0.285. The Balaban J connectivity index is 1.63. The van der Waals surface area contributed by atoms with Crippen molar-refractivity contribution in [3.63, 3.8) is 0 Å². The molecule has 0 aromatic heterocycles. The molecule has 0 N–H and O–H groups in total. The van der Waals surface area contributed by atoms with Crippen LogP contribution in [0, 0.1) is 13.8 Å². The number of carbonyl (C=O) groups is 2. The second-order valence-electron chi connectivity index (χ2n) is 7.72. The Bertz CT molecular complexity index is 1280. The molecule has 1 aliphatic heterocycles. The SMILES string of the molecule is COc1cc(/C=C2\Oc3c(ccc(OC(=O)c4ccc(C)cc4)c3C)C2=O)cc(OC)c1OC. The van der Waals surface area contributed by atoms with Crippen molar-refractivity contribution in [1.29, 1.82) is 0 Å². The Morgan fingerprint density at radius 2 is 1.50 bits per heavy atom. The van der Waals surface area contributed by atoms with Crippen molar-refractivity contribution in [3.8, 4) is 28.7 Å². The summed E-state index contributed by atoms with van der Waals surface area (Å²) >= 11 is 0. The molecule has 0 radical (unpaired) electrons. The van der Waals surface area contributed by atoms with Gasteiger partial charge in [-0.3, -0.25) is 4.79 Å². The molecule has 3 aromatic rings. The van der Waals surface area contributed by atoms with Gasteiger partial charge in [0.2, 0.25) is 11.5 Å². The number of ketones is 1. The molecular weight excluding hydrogens is 436 g/mol. The molecule has 0 unspecified atom stereocenters. The molecule has 0 amide bonds. The Morgan fingerprint density at radius 1 is 0.853 bits per heavy atom. The number of hydrogen-bond acceptors (Lipinski definition) is 7. The molecule has 0 bridgehead atoms. The molecule has 0 aliphatic carbocycles. The number of allylic oxidation sites excluding steroid dienone is 1. The van der Waals surface area contributed by atoms with Crippen LogP contribution in [0.3, 0.4) is 0 Å². The standard InChI is InChI=1S/C27H24O7/c1-15-6-8-18(9-7-15)27(29)34-20-11-10-19-24(28)21(33-25(19)16(20)2)12-17-13-22(30-3)26(32-5)23(14-17)31-4/h6-14H,1-5H3/b21-12-. The van der Waals surface area contributed by atoms with Gasteiger partial charge < -0.3 is 23.7 Å². The fraction of sp³-hybridized carbons (Fsp3) is 0.185. The van der Waals surface area contributed by atoms with Crippen LogP contribution in [0.5, 0.6) is 28.7 Å². The zero-order chi connectivity index (χ0) is 24.4. The lowest BCUT2D eigenvalue weighted by Crippen LogP contribution is -2.09. The van der Waals surface area contributed by atoms with Gasteiger partial charge in [-0.1, -0.05) is 17.7 Å². The number of esters is 1. The van der Waals surface area contributed by atoms with E-state index < -0.39 is 5.97 Å². The van der Waals surface area contributed by atoms with E-state index in [2.05, 4.69) is 0 Å². The fourth-order valence-electron chi connectivity index (χ4n) is 3.66. The van der Waals surface area contributed by atoms with Gasteiger partial charge in [0, 0.05) is 5.56 Å². The van der Waals surface area contributed by atoms with Crippen molar-refractivity contribution in [1.82, 2.24) is 0 Å². The summed E-state index contributed by atoms with van der Waals surface area (Å²) in [4.78, 5) is 25.5. The maximum Gasteiger partial charge on any atom is 0.343 e. The molecule has 0 saturated heterocycles. The minimum atomic E-state index is -0.486. The van der Waals surface area contributed by atoms with Gasteiger partial charge in [0.25, 0.3) is 0 Å². The largest absolute Gasteiger partial charge is 0.493 e. The van der Waals surface area contributed by atoms with E-state index in [0.717, 1.165) is 5.56 Å². The number of carbonyl (C=O) groups excluding carboxylic acids is 2. The number of hydrogen-bond donors (Lipinski definition) is 0. The first-order chi connectivity index (χ1) is 16.4. The van der Waals surface area contributed by atoms with Gasteiger partial charge >= 0.3 is 5.97 Å². The third kappa shape index (κ3) is 4.20. The van der Waals surface area contributed by atoms with Crippen LogP contribution in [-0.2, 0) is 0 Å². The van der Waals surface area contributed by atoms with Crippen LogP contribution in [0.1, 0.15) is 37.4 Å². The first kappa shape index (κ1) is 22.9. The maximum absolute atomic E-state index is 13.0. The van der Waals surface area contributed by atoms with E-state index in [4.69, 9.17) is 23.7 Å². The van der Waals surface area contributed by atoms with Crippen molar-refractivity contribution in [2.45, 2.75) is 13.8 Å². The van der Waals surface area contributed by atoms with Gasteiger partial charge in [0.05, 0.1) is 32.5 Å². The average Bonchev–Trinajstić information content (AvgIpc) is 3.16. The van der Waals surface area contributed by atoms with Crippen molar-refractivity contribution in [3.05, 3.63) is 82.1 Å². The lowest BCUT2D eigenvalue weighted by Gasteiger charge is -2.13. The summed E-state index contributed by atoms with van der Waals surface area (Å²) in [7, 11) is 4.55. The van der Waals surface area contributed by atoms with E-state index >= 15 is 0 Å². The lowest BCUT2D eigenvalue weighted by atomic mass is 10.1. The molecule has 3 aromatic carbocycles. The predicted molar refractivity (Wildman–Crippen MR) is 126 cm³/mol. The summed E-state index contributed by atoms with van der Waals surface area (Å²) < 4.78 is 27.6. The fourth-order valence-corrected chi connectivity index (χ4v) is 3.66. The van der Waals surface area contributed by atoms with Gasteiger partial charge in [0.1, 0.15) is 11.5 Å². The maximum atomic E-state index is 13.0. The van der Waals surface area contributed by atoms with Crippen LogP contribution < -0.4 is 23.7 Å². The smallest absolute Gasteiger partial charge is 0.343 e. The molecule has 7 nitrogen and oxygen atoms in total. The summed E-state index contributed by atoms with van der Waals surface area (Å²) in [6.45, 7) is 3.68. The molecule has 7 heteroatoms. The van der Waals surface area contributed by atoms with Gasteiger partial charge in [-0.25, -0.2) is 4.79 Å². The summed E-state index contributed by atoms with van der Waals surface area (Å²) in [5.41, 5.74) is 3.06. The Kier molecular flexibility index (Phi) is 6.27. The summed E-state index contributed by atoms with van der Waals surface area (Å²) in [5.74, 6) is 1.42. The number of fused-ring (bicyclic) bond motifs is 1. The van der Waals surface area contributed by atoms with Gasteiger partial charge in [-0.15, -0.1) is 0 Å². The number of Topliss-reactive ketones (excluding diaryl/α,β-unsaturated/α-hetero) is 1. The lowest BCUT2D eigenvalue weighted by molar-refractivity contribution is 0.0733. The van der Waals surface area contributed by atoms with E-state index in [9.17, 15) is 9.59 Å². The highest BCUT2D eigenvalue weighted by atomic mass is 16.5. The van der Waals surface area contributed by atoms with Crippen LogP contribution in [0.2, 0.25) is 0 Å². The van der Waals surface area contributed by atoms with Crippen LogP contribution >= 0.6 is 0 Å².